The van der Waals surface area contributed by atoms with Crippen LogP contribution in [0.5, 0.6) is 0 Å². The zero-order chi connectivity index (χ0) is 26.5. The maximum absolute atomic E-state index is 13.2. The van der Waals surface area contributed by atoms with Crippen LogP contribution in [0.1, 0.15) is 35.9 Å². The fraction of sp³-hybridized carbons (Fsp3) is 0.379. The number of H-pyrrole nitrogens is 1. The van der Waals surface area contributed by atoms with Gasteiger partial charge in [0.1, 0.15) is 0 Å². The average molecular weight is 513 g/mol. The molecule has 1 aromatic carbocycles. The lowest BCUT2D eigenvalue weighted by atomic mass is 10.0. The number of likely N-dealkylation sites (N-methyl/N-ethyl adjacent to an activating group) is 2. The summed E-state index contributed by atoms with van der Waals surface area (Å²) >= 11 is 0. The predicted molar refractivity (Wildman–Crippen MR) is 152 cm³/mol. The van der Waals surface area contributed by atoms with Gasteiger partial charge in [0.25, 0.3) is 5.91 Å². The molecule has 1 aliphatic heterocycles. The molecule has 0 unspecified atom stereocenters. The third-order valence-corrected chi connectivity index (χ3v) is 7.09. The molecule has 0 saturated carbocycles. The van der Waals surface area contributed by atoms with Crippen molar-refractivity contribution in [3.05, 3.63) is 66.4 Å². The molecule has 4 aromatic rings. The number of nitrogens with one attached hydrogen (secondary N) is 2. The van der Waals surface area contributed by atoms with E-state index in [1.54, 1.807) is 6.20 Å². The number of aromatic amines is 1. The van der Waals surface area contributed by atoms with E-state index in [-0.39, 0.29) is 5.91 Å². The third kappa shape index (κ3) is 6.00. The van der Waals surface area contributed by atoms with Gasteiger partial charge < -0.3 is 15.1 Å². The van der Waals surface area contributed by atoms with Gasteiger partial charge in [-0.2, -0.15) is 5.10 Å². The molecule has 9 heteroatoms. The van der Waals surface area contributed by atoms with Gasteiger partial charge in [0, 0.05) is 49.9 Å². The largest absolute Gasteiger partial charge is 0.370 e. The summed E-state index contributed by atoms with van der Waals surface area (Å²) in [4.78, 5) is 29.1. The molecule has 0 aliphatic carbocycles. The maximum atomic E-state index is 13.2. The Balaban J connectivity index is 1.29. The SMILES string of the molecule is CCN(CCN(C)C)Cc1ccc(NC(=O)c2n[nH]c3ccc(-c4cncc(N5CCCC5)c4)cc23)cn1. The van der Waals surface area contributed by atoms with E-state index in [1.165, 1.54) is 12.8 Å². The number of hydrogen-bond donors (Lipinski definition) is 2. The lowest BCUT2D eigenvalue weighted by molar-refractivity contribution is 0.102. The number of hydrogen-bond acceptors (Lipinski definition) is 7. The molecule has 38 heavy (non-hydrogen) atoms. The van der Waals surface area contributed by atoms with E-state index >= 15 is 0 Å². The standard InChI is InChI=1S/C29H36N8O/c1-4-36(14-13-35(2)3)20-24-9-8-23(18-31-24)32-29(38)28-26-16-21(7-10-27(26)33-34-28)22-15-25(19-30-17-22)37-11-5-6-12-37/h7-10,15-19H,4-6,11-14,20H2,1-3H3,(H,32,38)(H,33,34). The Labute approximate surface area is 223 Å². The van der Waals surface area contributed by atoms with Crippen LogP contribution in [0.4, 0.5) is 11.4 Å². The van der Waals surface area contributed by atoms with Gasteiger partial charge in [0.2, 0.25) is 0 Å². The Morgan fingerprint density at radius 2 is 1.87 bits per heavy atom. The van der Waals surface area contributed by atoms with E-state index < -0.39 is 0 Å². The normalized spacial score (nSPS) is 13.7. The second kappa shape index (κ2) is 11.7. The summed E-state index contributed by atoms with van der Waals surface area (Å²) in [7, 11) is 4.16. The highest BCUT2D eigenvalue weighted by Crippen LogP contribution is 2.29. The number of carbonyl (C=O) groups is 1. The fourth-order valence-corrected chi connectivity index (χ4v) is 4.80. The van der Waals surface area contributed by atoms with Crippen molar-refractivity contribution in [1.29, 1.82) is 0 Å². The summed E-state index contributed by atoms with van der Waals surface area (Å²) in [5, 5.41) is 11.0. The maximum Gasteiger partial charge on any atom is 0.276 e. The van der Waals surface area contributed by atoms with Gasteiger partial charge in [-0.25, -0.2) is 0 Å². The van der Waals surface area contributed by atoms with Crippen molar-refractivity contribution in [2.45, 2.75) is 26.3 Å². The molecule has 2 N–H and O–H groups in total. The van der Waals surface area contributed by atoms with Crippen molar-refractivity contribution < 1.29 is 4.79 Å². The molecular formula is C29H36N8O. The molecule has 1 saturated heterocycles. The summed E-state index contributed by atoms with van der Waals surface area (Å²) in [6.45, 7) is 8.02. The fourth-order valence-electron chi connectivity index (χ4n) is 4.80. The summed E-state index contributed by atoms with van der Waals surface area (Å²) in [6, 6.07) is 12.0. The molecule has 9 nitrogen and oxygen atoms in total. The minimum atomic E-state index is -0.270. The molecule has 1 fully saturated rings. The summed E-state index contributed by atoms with van der Waals surface area (Å²) in [5.41, 5.74) is 5.95. The highest BCUT2D eigenvalue weighted by molar-refractivity contribution is 6.11. The first kappa shape index (κ1) is 25.8. The zero-order valence-corrected chi connectivity index (χ0v) is 22.4. The predicted octanol–water partition coefficient (Wildman–Crippen LogP) is 4.26. The van der Waals surface area contributed by atoms with Crippen LogP contribution in [0.15, 0.2) is 55.0 Å². The molecule has 3 aromatic heterocycles. The molecular weight excluding hydrogens is 476 g/mol. The van der Waals surface area contributed by atoms with Crippen LogP contribution in [-0.4, -0.2) is 82.7 Å². The first-order valence-corrected chi connectivity index (χ1v) is 13.3. The number of nitrogens with zero attached hydrogens (tertiary/aromatic N) is 6. The van der Waals surface area contributed by atoms with Gasteiger partial charge in [-0.05, 0) is 69.4 Å². The summed E-state index contributed by atoms with van der Waals surface area (Å²) in [6.07, 6.45) is 7.94. The summed E-state index contributed by atoms with van der Waals surface area (Å²) < 4.78 is 0. The van der Waals surface area contributed by atoms with Crippen molar-refractivity contribution >= 4 is 28.2 Å². The zero-order valence-electron chi connectivity index (χ0n) is 22.4. The highest BCUT2D eigenvalue weighted by atomic mass is 16.1. The molecule has 1 amide bonds. The molecule has 5 rings (SSSR count). The average Bonchev–Trinajstić information content (AvgIpc) is 3.62. The quantitative estimate of drug-likeness (QED) is 0.328. The minimum absolute atomic E-state index is 0.270. The Morgan fingerprint density at radius 3 is 2.61 bits per heavy atom. The van der Waals surface area contributed by atoms with E-state index in [4.69, 9.17) is 0 Å². The van der Waals surface area contributed by atoms with Gasteiger partial charge in [-0.1, -0.05) is 13.0 Å². The van der Waals surface area contributed by atoms with E-state index in [1.807, 2.05) is 42.7 Å². The second-order valence-electron chi connectivity index (χ2n) is 10.1. The Hall–Kier alpha value is -3.82. The number of aromatic nitrogens is 4. The van der Waals surface area contributed by atoms with Crippen LogP contribution >= 0.6 is 0 Å². The summed E-state index contributed by atoms with van der Waals surface area (Å²) in [5.74, 6) is -0.270. The van der Waals surface area contributed by atoms with Crippen molar-refractivity contribution in [1.82, 2.24) is 30.0 Å². The molecule has 0 spiro atoms. The van der Waals surface area contributed by atoms with Crippen LogP contribution in [0, 0.1) is 0 Å². The lowest BCUT2D eigenvalue weighted by Crippen LogP contribution is -2.31. The van der Waals surface area contributed by atoms with Gasteiger partial charge in [-0.3, -0.25) is 24.8 Å². The Bertz CT molecular complexity index is 1380. The highest BCUT2D eigenvalue weighted by Gasteiger charge is 2.17. The first-order valence-electron chi connectivity index (χ1n) is 13.3. The molecule has 0 bridgehead atoms. The second-order valence-corrected chi connectivity index (χ2v) is 10.1. The number of amides is 1. The molecule has 0 atom stereocenters. The van der Waals surface area contributed by atoms with Crippen molar-refractivity contribution in [3.8, 4) is 11.1 Å². The number of benzene rings is 1. The van der Waals surface area contributed by atoms with Crippen molar-refractivity contribution in [2.24, 2.45) is 0 Å². The van der Waals surface area contributed by atoms with Crippen LogP contribution in [0.25, 0.3) is 22.0 Å². The Kier molecular flexibility index (Phi) is 7.95. The third-order valence-electron chi connectivity index (χ3n) is 7.09. The Morgan fingerprint density at radius 1 is 1.03 bits per heavy atom. The van der Waals surface area contributed by atoms with Crippen molar-refractivity contribution in [2.75, 3.05) is 57.0 Å². The van der Waals surface area contributed by atoms with Crippen LogP contribution in [0.3, 0.4) is 0 Å². The lowest BCUT2D eigenvalue weighted by Gasteiger charge is -2.22. The van der Waals surface area contributed by atoms with Gasteiger partial charge >= 0.3 is 0 Å². The monoisotopic (exact) mass is 512 g/mol. The van der Waals surface area contributed by atoms with E-state index in [2.05, 4.69) is 67.3 Å². The molecule has 4 heterocycles. The number of fused-ring (bicyclic) bond motifs is 1. The van der Waals surface area contributed by atoms with E-state index in [0.717, 1.165) is 72.7 Å². The first-order chi connectivity index (χ1) is 18.5. The number of rotatable bonds is 10. The van der Waals surface area contributed by atoms with Gasteiger partial charge in [0.15, 0.2) is 5.69 Å². The number of pyridine rings is 2. The topological polar surface area (TPSA) is 93.3 Å². The van der Waals surface area contributed by atoms with Gasteiger partial charge in [-0.15, -0.1) is 0 Å². The van der Waals surface area contributed by atoms with E-state index in [9.17, 15) is 4.79 Å². The molecule has 198 valence electrons. The van der Waals surface area contributed by atoms with Crippen LogP contribution in [-0.2, 0) is 6.54 Å². The smallest absolute Gasteiger partial charge is 0.276 e. The minimum Gasteiger partial charge on any atom is -0.370 e. The number of carbonyl (C=O) groups excluding carboxylic acids is 1. The van der Waals surface area contributed by atoms with E-state index in [0.29, 0.717) is 11.4 Å². The number of anilines is 2. The molecule has 0 radical (unpaired) electrons. The van der Waals surface area contributed by atoms with Gasteiger partial charge in [0.05, 0.1) is 35.0 Å². The van der Waals surface area contributed by atoms with Crippen LogP contribution in [0.2, 0.25) is 0 Å². The van der Waals surface area contributed by atoms with Crippen molar-refractivity contribution in [3.63, 3.8) is 0 Å². The van der Waals surface area contributed by atoms with Crippen LogP contribution < -0.4 is 10.2 Å². The molecule has 1 aliphatic rings.